The first-order chi connectivity index (χ1) is 7.64. The fourth-order valence-electron chi connectivity index (χ4n) is 1.74. The van der Waals surface area contributed by atoms with Gasteiger partial charge in [-0.3, -0.25) is 10.1 Å². The molecular weight excluding hydrogens is 243 g/mol. The van der Waals surface area contributed by atoms with E-state index in [1.54, 1.807) is 0 Å². The maximum Gasteiger partial charge on any atom is 0.465 e. The van der Waals surface area contributed by atoms with Crippen molar-refractivity contribution in [1.29, 1.82) is 0 Å². The second-order valence-electron chi connectivity index (χ2n) is 3.59. The molecule has 0 heterocycles. The number of nitrogens with zero attached hydrogens (tertiary/aromatic N) is 1. The van der Waals surface area contributed by atoms with Crippen LogP contribution in [0.2, 0.25) is 0 Å². The lowest BCUT2D eigenvalue weighted by molar-refractivity contribution is -0.605. The molecule has 0 aromatic carbocycles. The minimum atomic E-state index is -5.17. The van der Waals surface area contributed by atoms with Crippen LogP contribution < -0.4 is 0 Å². The van der Waals surface area contributed by atoms with Crippen molar-refractivity contribution in [1.82, 2.24) is 0 Å². The summed E-state index contributed by atoms with van der Waals surface area (Å²) in [5.41, 5.74) is -4.02. The van der Waals surface area contributed by atoms with E-state index in [4.69, 9.17) is 5.11 Å². The van der Waals surface area contributed by atoms with Crippen molar-refractivity contribution in [2.75, 3.05) is 0 Å². The lowest BCUT2D eigenvalue weighted by Crippen LogP contribution is -2.56. The minimum Gasteiger partial charge on any atom is -0.478 e. The van der Waals surface area contributed by atoms with Gasteiger partial charge in [-0.15, -0.1) is 0 Å². The van der Waals surface area contributed by atoms with Gasteiger partial charge < -0.3 is 5.11 Å². The number of hydrogen-bond acceptors (Lipinski definition) is 3. The van der Waals surface area contributed by atoms with Gasteiger partial charge in [-0.2, -0.15) is 13.2 Å². The molecule has 1 aliphatic rings. The molecule has 1 N–H and O–H groups in total. The zero-order valence-corrected chi connectivity index (χ0v) is 8.56. The Hall–Kier alpha value is -1.86. The third kappa shape index (κ3) is 1.79. The molecule has 0 aromatic heterocycles. The Bertz CT molecular complexity index is 426. The predicted octanol–water partition coefficient (Wildman–Crippen LogP) is 1.78. The van der Waals surface area contributed by atoms with E-state index in [9.17, 15) is 28.1 Å². The molecule has 0 spiro atoms. The number of aliphatic carboxylic acids is 1. The van der Waals surface area contributed by atoms with E-state index in [2.05, 4.69) is 0 Å². The van der Waals surface area contributed by atoms with E-state index in [1.165, 1.54) is 0 Å². The van der Waals surface area contributed by atoms with Crippen LogP contribution in [0.1, 0.15) is 6.92 Å². The molecule has 17 heavy (non-hydrogen) atoms. The molecule has 0 radical (unpaired) electrons. The van der Waals surface area contributed by atoms with Crippen molar-refractivity contribution in [2.24, 2.45) is 5.92 Å². The number of hydrogen-bond donors (Lipinski definition) is 1. The van der Waals surface area contributed by atoms with Gasteiger partial charge in [0.05, 0.1) is 5.92 Å². The summed E-state index contributed by atoms with van der Waals surface area (Å²) in [4.78, 5) is 19.9. The van der Waals surface area contributed by atoms with Gasteiger partial charge in [0.1, 0.15) is 0 Å². The Labute approximate surface area is 93.4 Å². The van der Waals surface area contributed by atoms with Gasteiger partial charge in [0.2, 0.25) is 0 Å². The number of allylic oxidation sites excluding steroid dienone is 2. The van der Waals surface area contributed by atoms with Crippen molar-refractivity contribution in [3.8, 4) is 0 Å². The molecule has 0 fully saturated rings. The second kappa shape index (κ2) is 3.86. The highest BCUT2D eigenvalue weighted by molar-refractivity contribution is 5.88. The Morgan fingerprint density at radius 1 is 1.59 bits per heavy atom. The molecule has 0 saturated heterocycles. The Morgan fingerprint density at radius 3 is 2.47 bits per heavy atom. The minimum absolute atomic E-state index is 0.379. The Morgan fingerprint density at radius 2 is 2.12 bits per heavy atom. The molecule has 2 unspecified atom stereocenters. The van der Waals surface area contributed by atoms with Crippen molar-refractivity contribution < 1.29 is 28.0 Å². The zero-order chi connectivity index (χ0) is 13.4. The SMILES string of the molecule is CC1C(C(=O)O)=CC=CC1([N+](=O)[O-])C(F)(F)F. The molecule has 1 rings (SSSR count). The number of nitro groups is 1. The van der Waals surface area contributed by atoms with Crippen LogP contribution in [0.4, 0.5) is 13.2 Å². The average Bonchev–Trinajstić information content (AvgIpc) is 2.14. The standard InChI is InChI=1S/C9H8F3NO4/c1-5-6(7(14)15)3-2-4-8(5,13(16)17)9(10,11)12/h2-5H,1H3,(H,14,15). The highest BCUT2D eigenvalue weighted by atomic mass is 19.4. The highest BCUT2D eigenvalue weighted by Gasteiger charge is 2.69. The molecule has 5 nitrogen and oxygen atoms in total. The number of rotatable bonds is 2. The lowest BCUT2D eigenvalue weighted by atomic mass is 9.76. The van der Waals surface area contributed by atoms with Crippen LogP contribution in [-0.2, 0) is 4.79 Å². The molecule has 8 heteroatoms. The van der Waals surface area contributed by atoms with Crippen molar-refractivity contribution in [3.63, 3.8) is 0 Å². The number of carboxylic acid groups (broad SMARTS) is 1. The predicted molar refractivity (Wildman–Crippen MR) is 49.8 cm³/mol. The summed E-state index contributed by atoms with van der Waals surface area (Å²) in [6.07, 6.45) is -3.11. The van der Waals surface area contributed by atoms with Crippen LogP contribution >= 0.6 is 0 Å². The molecule has 1 aliphatic carbocycles. The molecular formula is C9H8F3NO4. The Kier molecular flexibility index (Phi) is 3.00. The van der Waals surface area contributed by atoms with E-state index in [0.29, 0.717) is 6.08 Å². The van der Waals surface area contributed by atoms with E-state index in [0.717, 1.165) is 19.1 Å². The fraction of sp³-hybridized carbons (Fsp3) is 0.444. The molecule has 0 saturated carbocycles. The third-order valence-corrected chi connectivity index (χ3v) is 2.76. The van der Waals surface area contributed by atoms with E-state index in [1.807, 2.05) is 0 Å². The summed E-state index contributed by atoms with van der Waals surface area (Å²) in [7, 11) is 0. The van der Waals surface area contributed by atoms with E-state index >= 15 is 0 Å². The second-order valence-corrected chi connectivity index (χ2v) is 3.59. The van der Waals surface area contributed by atoms with Crippen LogP contribution in [0.15, 0.2) is 23.8 Å². The quantitative estimate of drug-likeness (QED) is 0.599. The first-order valence-electron chi connectivity index (χ1n) is 4.48. The molecule has 0 aliphatic heterocycles. The molecule has 0 bridgehead atoms. The van der Waals surface area contributed by atoms with Gasteiger partial charge in [0.25, 0.3) is 0 Å². The summed E-state index contributed by atoms with van der Waals surface area (Å²) < 4.78 is 38.5. The van der Waals surface area contributed by atoms with Gasteiger partial charge in [-0.1, -0.05) is 19.1 Å². The summed E-state index contributed by atoms with van der Waals surface area (Å²) in [6, 6.07) is 0. The Balaban J connectivity index is 3.39. The van der Waals surface area contributed by atoms with Crippen molar-refractivity contribution in [3.05, 3.63) is 33.9 Å². The molecule has 94 valence electrons. The normalized spacial score (nSPS) is 28.7. The molecule has 0 aromatic rings. The van der Waals surface area contributed by atoms with Gasteiger partial charge in [0.15, 0.2) is 0 Å². The van der Waals surface area contributed by atoms with Crippen molar-refractivity contribution in [2.45, 2.75) is 18.6 Å². The first-order valence-corrected chi connectivity index (χ1v) is 4.48. The molecule has 2 atom stereocenters. The highest BCUT2D eigenvalue weighted by Crippen LogP contribution is 2.44. The summed E-state index contributed by atoms with van der Waals surface area (Å²) in [5, 5.41) is 19.4. The number of alkyl halides is 3. The largest absolute Gasteiger partial charge is 0.478 e. The van der Waals surface area contributed by atoms with Crippen molar-refractivity contribution >= 4 is 5.97 Å². The van der Waals surface area contributed by atoms with Crippen LogP contribution in [0.5, 0.6) is 0 Å². The third-order valence-electron chi connectivity index (χ3n) is 2.76. The maximum atomic E-state index is 12.8. The van der Waals surface area contributed by atoms with Crippen LogP contribution in [0.3, 0.4) is 0 Å². The number of halogens is 3. The van der Waals surface area contributed by atoms with Crippen LogP contribution in [0.25, 0.3) is 0 Å². The van der Waals surface area contributed by atoms with Crippen LogP contribution in [0, 0.1) is 16.0 Å². The van der Waals surface area contributed by atoms with Gasteiger partial charge >= 0.3 is 17.7 Å². The first kappa shape index (κ1) is 13.2. The monoisotopic (exact) mass is 251 g/mol. The lowest BCUT2D eigenvalue weighted by Gasteiger charge is -2.31. The maximum absolute atomic E-state index is 12.8. The smallest absolute Gasteiger partial charge is 0.465 e. The number of carbonyl (C=O) groups is 1. The fourth-order valence-corrected chi connectivity index (χ4v) is 1.74. The van der Waals surface area contributed by atoms with Gasteiger partial charge in [0, 0.05) is 16.6 Å². The zero-order valence-electron chi connectivity index (χ0n) is 8.56. The summed E-state index contributed by atoms with van der Waals surface area (Å²) >= 11 is 0. The van der Waals surface area contributed by atoms with E-state index in [-0.39, 0.29) is 0 Å². The number of carboxylic acids is 1. The van der Waals surface area contributed by atoms with E-state index < -0.39 is 34.1 Å². The molecule has 0 amide bonds. The average molecular weight is 251 g/mol. The summed E-state index contributed by atoms with van der Waals surface area (Å²) in [6.45, 7) is 0.875. The topological polar surface area (TPSA) is 80.4 Å². The van der Waals surface area contributed by atoms with Gasteiger partial charge in [-0.25, -0.2) is 4.79 Å². The van der Waals surface area contributed by atoms with Crippen LogP contribution in [-0.4, -0.2) is 27.7 Å². The van der Waals surface area contributed by atoms with Gasteiger partial charge in [-0.05, 0) is 0 Å². The summed E-state index contributed by atoms with van der Waals surface area (Å²) in [5.74, 6) is -3.39.